The summed E-state index contributed by atoms with van der Waals surface area (Å²) in [6.07, 6.45) is 8.41. The Balaban J connectivity index is 1.64. The molecule has 2 fully saturated rings. The van der Waals surface area contributed by atoms with Gasteiger partial charge in [-0.05, 0) is 31.2 Å². The predicted octanol–water partition coefficient (Wildman–Crippen LogP) is 1.64. The van der Waals surface area contributed by atoms with Gasteiger partial charge in [0.25, 0.3) is 0 Å². The van der Waals surface area contributed by atoms with Crippen LogP contribution < -0.4 is 10.6 Å². The molecule has 1 aromatic heterocycles. The quantitative estimate of drug-likeness (QED) is 0.787. The molecule has 1 aromatic rings. The molecule has 6 nitrogen and oxygen atoms in total. The van der Waals surface area contributed by atoms with Crippen LogP contribution in [0.15, 0.2) is 18.5 Å². The van der Waals surface area contributed by atoms with E-state index in [0.29, 0.717) is 17.6 Å². The Morgan fingerprint density at radius 1 is 1.29 bits per heavy atom. The zero-order chi connectivity index (χ0) is 14.8. The summed E-state index contributed by atoms with van der Waals surface area (Å²) >= 11 is 0. The molecule has 21 heavy (non-hydrogen) atoms. The van der Waals surface area contributed by atoms with Gasteiger partial charge in [-0.3, -0.25) is 9.78 Å². The number of anilines is 1. The number of carboxylic acids is 1. The van der Waals surface area contributed by atoms with Gasteiger partial charge in [-0.15, -0.1) is 0 Å². The highest BCUT2D eigenvalue weighted by Crippen LogP contribution is 2.33. The lowest BCUT2D eigenvalue weighted by molar-refractivity contribution is -0.117. The second-order valence-corrected chi connectivity index (χ2v) is 5.86. The molecule has 1 aliphatic heterocycles. The number of nitrogens with zero attached hydrogens (tertiary/aromatic N) is 1. The largest absolute Gasteiger partial charge is 0.478 e. The van der Waals surface area contributed by atoms with E-state index < -0.39 is 5.97 Å². The van der Waals surface area contributed by atoms with Gasteiger partial charge in [0, 0.05) is 12.2 Å². The SMILES string of the molecule is O=C(O)c1cncc(NC(=O)C2CC3CCCCC3N2)c1. The van der Waals surface area contributed by atoms with Crippen LogP contribution in [-0.4, -0.2) is 34.1 Å². The number of rotatable bonds is 3. The molecule has 0 radical (unpaired) electrons. The molecular formula is C15H19N3O3. The molecule has 1 amide bonds. The van der Waals surface area contributed by atoms with Crippen molar-refractivity contribution in [3.63, 3.8) is 0 Å². The highest BCUT2D eigenvalue weighted by Gasteiger charge is 2.38. The third-order valence-electron chi connectivity index (χ3n) is 4.43. The van der Waals surface area contributed by atoms with Crippen LogP contribution in [0.5, 0.6) is 0 Å². The number of carboxylic acid groups (broad SMARTS) is 1. The van der Waals surface area contributed by atoms with Crippen molar-refractivity contribution in [3.8, 4) is 0 Å². The normalized spacial score (nSPS) is 27.9. The Morgan fingerprint density at radius 3 is 2.86 bits per heavy atom. The van der Waals surface area contributed by atoms with Gasteiger partial charge in [0.2, 0.25) is 5.91 Å². The maximum absolute atomic E-state index is 12.3. The number of hydrogen-bond acceptors (Lipinski definition) is 4. The van der Waals surface area contributed by atoms with Crippen LogP contribution in [0.25, 0.3) is 0 Å². The number of amides is 1. The summed E-state index contributed by atoms with van der Waals surface area (Å²) in [5.74, 6) is -0.560. The Bertz CT molecular complexity index is 547. The van der Waals surface area contributed by atoms with Crippen LogP contribution in [0.4, 0.5) is 5.69 Å². The number of hydrogen-bond donors (Lipinski definition) is 3. The minimum absolute atomic E-state index is 0.0702. The Labute approximate surface area is 123 Å². The summed E-state index contributed by atoms with van der Waals surface area (Å²) in [4.78, 5) is 27.0. The number of carbonyl (C=O) groups is 2. The Morgan fingerprint density at radius 2 is 2.10 bits per heavy atom. The number of carbonyl (C=O) groups excluding carboxylic acids is 1. The molecule has 0 bridgehead atoms. The van der Waals surface area contributed by atoms with Crippen molar-refractivity contribution in [2.75, 3.05) is 5.32 Å². The Kier molecular flexibility index (Phi) is 3.88. The van der Waals surface area contributed by atoms with E-state index >= 15 is 0 Å². The maximum atomic E-state index is 12.3. The first-order valence-electron chi connectivity index (χ1n) is 7.39. The fourth-order valence-corrected chi connectivity index (χ4v) is 3.38. The van der Waals surface area contributed by atoms with Crippen molar-refractivity contribution in [2.24, 2.45) is 5.92 Å². The van der Waals surface area contributed by atoms with Crippen LogP contribution >= 0.6 is 0 Å². The van der Waals surface area contributed by atoms with E-state index in [1.165, 1.54) is 37.7 Å². The summed E-state index contributed by atoms with van der Waals surface area (Å²) in [7, 11) is 0. The van der Waals surface area contributed by atoms with E-state index in [1.807, 2.05) is 0 Å². The molecule has 3 atom stereocenters. The van der Waals surface area contributed by atoms with Gasteiger partial charge < -0.3 is 15.7 Å². The van der Waals surface area contributed by atoms with Crippen molar-refractivity contribution < 1.29 is 14.7 Å². The van der Waals surface area contributed by atoms with Gasteiger partial charge in [0.05, 0.1) is 23.5 Å². The first-order valence-corrected chi connectivity index (χ1v) is 7.39. The van der Waals surface area contributed by atoms with Gasteiger partial charge in [-0.2, -0.15) is 0 Å². The molecule has 1 saturated carbocycles. The van der Waals surface area contributed by atoms with Crippen LogP contribution in [0.1, 0.15) is 42.5 Å². The number of nitrogens with one attached hydrogen (secondary N) is 2. The first-order chi connectivity index (χ1) is 10.1. The molecule has 2 heterocycles. The average molecular weight is 289 g/mol. The van der Waals surface area contributed by atoms with Crippen molar-refractivity contribution in [2.45, 2.75) is 44.2 Å². The number of aromatic carboxylic acids is 1. The molecule has 3 N–H and O–H groups in total. The van der Waals surface area contributed by atoms with Gasteiger partial charge >= 0.3 is 5.97 Å². The summed E-state index contributed by atoms with van der Waals surface area (Å²) in [5.41, 5.74) is 0.498. The lowest BCUT2D eigenvalue weighted by Gasteiger charge is -2.24. The highest BCUT2D eigenvalue weighted by molar-refractivity contribution is 5.96. The van der Waals surface area contributed by atoms with Crippen LogP contribution in [-0.2, 0) is 4.79 Å². The zero-order valence-electron chi connectivity index (χ0n) is 11.7. The van der Waals surface area contributed by atoms with Crippen molar-refractivity contribution in [3.05, 3.63) is 24.0 Å². The molecule has 112 valence electrons. The van der Waals surface area contributed by atoms with E-state index in [9.17, 15) is 9.59 Å². The van der Waals surface area contributed by atoms with E-state index in [2.05, 4.69) is 15.6 Å². The molecular weight excluding hydrogens is 270 g/mol. The molecule has 1 aliphatic carbocycles. The third-order valence-corrected chi connectivity index (χ3v) is 4.43. The smallest absolute Gasteiger partial charge is 0.337 e. The van der Waals surface area contributed by atoms with Crippen molar-refractivity contribution >= 4 is 17.6 Å². The van der Waals surface area contributed by atoms with Gasteiger partial charge in [0.15, 0.2) is 0 Å². The third kappa shape index (κ3) is 3.05. The van der Waals surface area contributed by atoms with Crippen molar-refractivity contribution in [1.82, 2.24) is 10.3 Å². The zero-order valence-corrected chi connectivity index (χ0v) is 11.7. The van der Waals surface area contributed by atoms with E-state index in [0.717, 1.165) is 12.8 Å². The van der Waals surface area contributed by atoms with Crippen molar-refractivity contribution in [1.29, 1.82) is 0 Å². The minimum Gasteiger partial charge on any atom is -0.478 e. The van der Waals surface area contributed by atoms with E-state index in [-0.39, 0.29) is 17.5 Å². The second-order valence-electron chi connectivity index (χ2n) is 5.86. The lowest BCUT2D eigenvalue weighted by atomic mass is 9.85. The Hall–Kier alpha value is -1.95. The van der Waals surface area contributed by atoms with E-state index in [1.54, 1.807) is 0 Å². The minimum atomic E-state index is -1.05. The second kappa shape index (κ2) is 5.81. The first kappa shape index (κ1) is 14.0. The maximum Gasteiger partial charge on any atom is 0.337 e. The summed E-state index contributed by atoms with van der Waals surface area (Å²) in [6, 6.07) is 1.69. The molecule has 0 aromatic carbocycles. The molecule has 3 rings (SSSR count). The molecule has 6 heteroatoms. The summed E-state index contributed by atoms with van der Waals surface area (Å²) in [5, 5.41) is 15.1. The van der Waals surface area contributed by atoms with Gasteiger partial charge in [-0.25, -0.2) is 4.79 Å². The van der Waals surface area contributed by atoms with Crippen LogP contribution in [0.3, 0.4) is 0 Å². The van der Waals surface area contributed by atoms with Gasteiger partial charge in [-0.1, -0.05) is 12.8 Å². The predicted molar refractivity (Wildman–Crippen MR) is 77.1 cm³/mol. The number of aromatic nitrogens is 1. The molecule has 0 spiro atoms. The van der Waals surface area contributed by atoms with Crippen LogP contribution in [0.2, 0.25) is 0 Å². The van der Waals surface area contributed by atoms with Gasteiger partial charge in [0.1, 0.15) is 0 Å². The molecule has 3 unspecified atom stereocenters. The molecule has 1 saturated heterocycles. The van der Waals surface area contributed by atoms with Crippen LogP contribution in [0, 0.1) is 5.92 Å². The standard InChI is InChI=1S/C15H19N3O3/c19-14(13-6-9-3-1-2-4-12(9)18-13)17-11-5-10(15(20)21)7-16-8-11/h5,7-9,12-13,18H,1-4,6H2,(H,17,19)(H,20,21). The highest BCUT2D eigenvalue weighted by atomic mass is 16.4. The summed E-state index contributed by atoms with van der Waals surface area (Å²) < 4.78 is 0. The van der Waals surface area contributed by atoms with E-state index in [4.69, 9.17) is 5.11 Å². The fourth-order valence-electron chi connectivity index (χ4n) is 3.38. The lowest BCUT2D eigenvalue weighted by Crippen LogP contribution is -2.39. The fraction of sp³-hybridized carbons (Fsp3) is 0.533. The number of pyridine rings is 1. The summed E-state index contributed by atoms with van der Waals surface area (Å²) in [6.45, 7) is 0. The monoisotopic (exact) mass is 289 g/mol. The topological polar surface area (TPSA) is 91.3 Å². The molecule has 2 aliphatic rings. The number of fused-ring (bicyclic) bond motifs is 1. The average Bonchev–Trinajstić information content (AvgIpc) is 2.91.